The Bertz CT molecular complexity index is 902. The topological polar surface area (TPSA) is 89.3 Å². The van der Waals surface area contributed by atoms with Gasteiger partial charge in [-0.3, -0.25) is 4.79 Å². The lowest BCUT2D eigenvalue weighted by molar-refractivity contribution is 0.0747. The van der Waals surface area contributed by atoms with Crippen LogP contribution in [0.15, 0.2) is 48.9 Å². The first-order valence-corrected chi connectivity index (χ1v) is 9.07. The Kier molecular flexibility index (Phi) is 5.14. The molecule has 2 aromatic heterocycles. The van der Waals surface area contributed by atoms with Crippen molar-refractivity contribution in [3.05, 3.63) is 60.0 Å². The van der Waals surface area contributed by atoms with E-state index in [9.17, 15) is 4.79 Å². The Morgan fingerprint density at radius 1 is 1.07 bits per heavy atom. The summed E-state index contributed by atoms with van der Waals surface area (Å²) in [6, 6.07) is 11.4. The molecule has 1 aliphatic rings. The number of methoxy groups -OCH3 is 1. The number of piperazine rings is 1. The first-order chi connectivity index (χ1) is 13.7. The lowest BCUT2D eigenvalue weighted by Gasteiger charge is -2.36. The van der Waals surface area contributed by atoms with Gasteiger partial charge in [0.1, 0.15) is 6.33 Å². The van der Waals surface area contributed by atoms with Crippen LogP contribution < -0.4 is 9.64 Å². The van der Waals surface area contributed by atoms with Crippen molar-refractivity contribution in [2.75, 3.05) is 38.2 Å². The second-order valence-electron chi connectivity index (χ2n) is 6.54. The van der Waals surface area contributed by atoms with Gasteiger partial charge in [0, 0.05) is 37.8 Å². The zero-order chi connectivity index (χ0) is 19.3. The summed E-state index contributed by atoms with van der Waals surface area (Å²) in [5.74, 6) is 0.655. The molecule has 0 saturated carbocycles. The Morgan fingerprint density at radius 2 is 1.86 bits per heavy atom. The molecule has 144 valence electrons. The number of anilines is 1. The number of hydrogen-bond donors (Lipinski definition) is 0. The molecule has 0 aliphatic carbocycles. The van der Waals surface area contributed by atoms with Crippen molar-refractivity contribution >= 4 is 11.6 Å². The summed E-state index contributed by atoms with van der Waals surface area (Å²) in [5.41, 5.74) is 2.78. The summed E-state index contributed by atoms with van der Waals surface area (Å²) in [6.07, 6.45) is 3.37. The summed E-state index contributed by atoms with van der Waals surface area (Å²) in [6.45, 7) is 3.48. The zero-order valence-corrected chi connectivity index (χ0v) is 15.6. The summed E-state index contributed by atoms with van der Waals surface area (Å²) in [7, 11) is 1.60. The fraction of sp³-hybridized carbons (Fsp3) is 0.316. The largest absolute Gasteiger partial charge is 0.481 e. The van der Waals surface area contributed by atoms with E-state index in [0.29, 0.717) is 31.1 Å². The van der Waals surface area contributed by atoms with E-state index in [4.69, 9.17) is 4.74 Å². The Hall–Kier alpha value is -3.49. The van der Waals surface area contributed by atoms with Crippen LogP contribution in [0.3, 0.4) is 0 Å². The summed E-state index contributed by atoms with van der Waals surface area (Å²) >= 11 is 0. The molecule has 1 saturated heterocycles. The highest BCUT2D eigenvalue weighted by Crippen LogP contribution is 2.19. The first-order valence-electron chi connectivity index (χ1n) is 9.07. The number of pyridine rings is 1. The first kappa shape index (κ1) is 17.9. The molecule has 0 radical (unpaired) electrons. The number of benzene rings is 1. The molecule has 4 rings (SSSR count). The van der Waals surface area contributed by atoms with E-state index in [2.05, 4.69) is 25.4 Å². The molecule has 0 atom stereocenters. The average Bonchev–Trinajstić information content (AvgIpc) is 3.27. The molecule has 1 aromatic carbocycles. The summed E-state index contributed by atoms with van der Waals surface area (Å²) in [4.78, 5) is 21.2. The molecular formula is C19H21N7O2. The highest BCUT2D eigenvalue weighted by molar-refractivity contribution is 5.94. The average molecular weight is 379 g/mol. The van der Waals surface area contributed by atoms with Gasteiger partial charge in [0.15, 0.2) is 0 Å². The van der Waals surface area contributed by atoms with E-state index in [0.717, 1.165) is 24.3 Å². The fourth-order valence-corrected chi connectivity index (χ4v) is 3.22. The molecular weight excluding hydrogens is 358 g/mol. The maximum absolute atomic E-state index is 12.8. The molecule has 1 fully saturated rings. The van der Waals surface area contributed by atoms with Gasteiger partial charge in [-0.2, -0.15) is 0 Å². The predicted octanol–water partition coefficient (Wildman–Crippen LogP) is 1.09. The lowest BCUT2D eigenvalue weighted by Crippen LogP contribution is -2.48. The molecule has 3 heterocycles. The van der Waals surface area contributed by atoms with Crippen LogP contribution in [0.1, 0.15) is 15.9 Å². The van der Waals surface area contributed by atoms with Crippen molar-refractivity contribution in [2.24, 2.45) is 0 Å². The van der Waals surface area contributed by atoms with E-state index in [1.165, 1.54) is 0 Å². The van der Waals surface area contributed by atoms with Crippen molar-refractivity contribution < 1.29 is 9.53 Å². The third kappa shape index (κ3) is 3.93. The fourth-order valence-electron chi connectivity index (χ4n) is 3.22. The standard InChI is InChI=1S/C19H21N7O2/c1-28-18-7-6-17(12-20-18)24-8-10-25(11-9-24)19(27)16-4-2-15(3-5-16)13-26-14-21-22-23-26/h2-7,12,14H,8-11,13H2,1H3. The van der Waals surface area contributed by atoms with Crippen LogP contribution in [0.2, 0.25) is 0 Å². The number of aromatic nitrogens is 5. The summed E-state index contributed by atoms with van der Waals surface area (Å²) in [5, 5.41) is 11.1. The zero-order valence-electron chi connectivity index (χ0n) is 15.6. The van der Waals surface area contributed by atoms with Crippen LogP contribution >= 0.6 is 0 Å². The van der Waals surface area contributed by atoms with Crippen LogP contribution in [-0.2, 0) is 6.54 Å². The van der Waals surface area contributed by atoms with Crippen LogP contribution in [-0.4, -0.2) is 69.3 Å². The van der Waals surface area contributed by atoms with Crippen molar-refractivity contribution in [1.29, 1.82) is 0 Å². The Balaban J connectivity index is 1.34. The van der Waals surface area contributed by atoms with Crippen molar-refractivity contribution in [1.82, 2.24) is 30.1 Å². The highest BCUT2D eigenvalue weighted by atomic mass is 16.5. The SMILES string of the molecule is COc1ccc(N2CCN(C(=O)c3ccc(Cn4cnnn4)cc3)CC2)cn1. The number of ether oxygens (including phenoxy) is 1. The smallest absolute Gasteiger partial charge is 0.253 e. The van der Waals surface area contributed by atoms with Crippen LogP contribution in [0.25, 0.3) is 0 Å². The van der Waals surface area contributed by atoms with Crippen LogP contribution in [0, 0.1) is 0 Å². The monoisotopic (exact) mass is 379 g/mol. The molecule has 3 aromatic rings. The van der Waals surface area contributed by atoms with E-state index < -0.39 is 0 Å². The van der Waals surface area contributed by atoms with Crippen LogP contribution in [0.4, 0.5) is 5.69 Å². The van der Waals surface area contributed by atoms with Gasteiger partial charge < -0.3 is 14.5 Å². The predicted molar refractivity (Wildman–Crippen MR) is 102 cm³/mol. The third-order valence-corrected chi connectivity index (χ3v) is 4.80. The van der Waals surface area contributed by atoms with Gasteiger partial charge in [-0.05, 0) is 34.2 Å². The maximum atomic E-state index is 12.8. The highest BCUT2D eigenvalue weighted by Gasteiger charge is 2.22. The number of amides is 1. The van der Waals surface area contributed by atoms with Crippen LogP contribution in [0.5, 0.6) is 5.88 Å². The van der Waals surface area contributed by atoms with Gasteiger partial charge in [-0.1, -0.05) is 12.1 Å². The van der Waals surface area contributed by atoms with Gasteiger partial charge in [0.05, 0.1) is 25.5 Å². The van der Waals surface area contributed by atoms with E-state index >= 15 is 0 Å². The maximum Gasteiger partial charge on any atom is 0.253 e. The molecule has 0 bridgehead atoms. The number of rotatable bonds is 5. The lowest BCUT2D eigenvalue weighted by atomic mass is 10.1. The van der Waals surface area contributed by atoms with E-state index in [1.54, 1.807) is 24.3 Å². The second kappa shape index (κ2) is 8.03. The van der Waals surface area contributed by atoms with E-state index in [1.807, 2.05) is 41.3 Å². The molecule has 0 unspecified atom stereocenters. The molecule has 1 aliphatic heterocycles. The van der Waals surface area contributed by atoms with E-state index in [-0.39, 0.29) is 5.91 Å². The van der Waals surface area contributed by atoms with Crippen molar-refractivity contribution in [3.63, 3.8) is 0 Å². The molecule has 9 heteroatoms. The number of hydrogen-bond acceptors (Lipinski definition) is 7. The number of carbonyl (C=O) groups is 1. The minimum absolute atomic E-state index is 0.0569. The minimum Gasteiger partial charge on any atom is -0.481 e. The normalized spacial score (nSPS) is 14.2. The molecule has 0 spiro atoms. The summed E-state index contributed by atoms with van der Waals surface area (Å²) < 4.78 is 6.74. The van der Waals surface area contributed by atoms with Gasteiger partial charge in [-0.25, -0.2) is 9.67 Å². The Labute approximate surface area is 162 Å². The number of tetrazole rings is 1. The number of nitrogens with zero attached hydrogens (tertiary/aromatic N) is 7. The Morgan fingerprint density at radius 3 is 2.46 bits per heavy atom. The molecule has 1 amide bonds. The van der Waals surface area contributed by atoms with Crippen molar-refractivity contribution in [2.45, 2.75) is 6.54 Å². The van der Waals surface area contributed by atoms with Gasteiger partial charge in [0.2, 0.25) is 5.88 Å². The van der Waals surface area contributed by atoms with Gasteiger partial charge >= 0.3 is 0 Å². The molecule has 28 heavy (non-hydrogen) atoms. The van der Waals surface area contributed by atoms with Crippen molar-refractivity contribution in [3.8, 4) is 5.88 Å². The van der Waals surface area contributed by atoms with Gasteiger partial charge in [0.25, 0.3) is 5.91 Å². The quantitative estimate of drug-likeness (QED) is 0.655. The molecule has 0 N–H and O–H groups in total. The third-order valence-electron chi connectivity index (χ3n) is 4.80. The number of carbonyl (C=O) groups excluding carboxylic acids is 1. The van der Waals surface area contributed by atoms with Gasteiger partial charge in [-0.15, -0.1) is 5.10 Å². The second-order valence-corrected chi connectivity index (χ2v) is 6.54. The minimum atomic E-state index is 0.0569. The molecule has 9 nitrogen and oxygen atoms in total.